The molecule has 0 unspecified atom stereocenters. The largest absolute Gasteiger partial charge is 0.448 e. The third kappa shape index (κ3) is 4.78. The molecule has 0 aliphatic heterocycles. The van der Waals surface area contributed by atoms with Crippen molar-refractivity contribution in [1.82, 2.24) is 15.1 Å². The van der Waals surface area contributed by atoms with E-state index in [1.807, 2.05) is 0 Å². The molecule has 0 spiro atoms. The van der Waals surface area contributed by atoms with E-state index in [0.717, 1.165) is 21.6 Å². The Morgan fingerprint density at radius 2 is 1.91 bits per heavy atom. The van der Waals surface area contributed by atoms with Crippen LogP contribution in [0.25, 0.3) is 10.2 Å². The zero-order valence-electron chi connectivity index (χ0n) is 17.6. The molecule has 11 heteroatoms. The van der Waals surface area contributed by atoms with Crippen molar-refractivity contribution in [2.45, 2.75) is 19.9 Å². The molecular weight excluding hydrogens is 467 g/mol. The highest BCUT2D eigenvalue weighted by Gasteiger charge is 2.24. The maximum Gasteiger partial charge on any atom is 0.436 e. The number of halogens is 1. The average Bonchev–Trinajstić information content (AvgIpc) is 3.52. The van der Waals surface area contributed by atoms with E-state index in [2.05, 4.69) is 15.7 Å². The van der Waals surface area contributed by atoms with Gasteiger partial charge in [-0.2, -0.15) is 4.68 Å². The van der Waals surface area contributed by atoms with E-state index in [1.54, 1.807) is 49.6 Å². The van der Waals surface area contributed by atoms with Crippen LogP contribution in [-0.2, 0) is 4.74 Å². The van der Waals surface area contributed by atoms with Crippen LogP contribution < -0.4 is 10.6 Å². The molecule has 4 rings (SSSR count). The van der Waals surface area contributed by atoms with Crippen molar-refractivity contribution in [3.63, 3.8) is 0 Å². The molecular formula is C22H19FN4O4S2. The fourth-order valence-corrected chi connectivity index (χ4v) is 4.72. The molecule has 0 saturated heterocycles. The van der Waals surface area contributed by atoms with Gasteiger partial charge in [-0.05, 0) is 49.1 Å². The number of thiophene rings is 2. The predicted octanol–water partition coefficient (Wildman–Crippen LogP) is 5.05. The second-order valence-electron chi connectivity index (χ2n) is 6.97. The Kier molecular flexibility index (Phi) is 6.52. The van der Waals surface area contributed by atoms with Crippen LogP contribution in [0.3, 0.4) is 0 Å². The highest BCUT2D eigenvalue weighted by Crippen LogP contribution is 2.32. The molecule has 33 heavy (non-hydrogen) atoms. The maximum atomic E-state index is 13.2. The van der Waals surface area contributed by atoms with Crippen molar-refractivity contribution in [3.05, 3.63) is 69.0 Å². The minimum Gasteiger partial charge on any atom is -0.448 e. The van der Waals surface area contributed by atoms with Gasteiger partial charge in [-0.3, -0.25) is 9.59 Å². The van der Waals surface area contributed by atoms with Crippen molar-refractivity contribution in [2.24, 2.45) is 0 Å². The number of carbonyl (C=O) groups excluding carboxylic acids is 3. The summed E-state index contributed by atoms with van der Waals surface area (Å²) in [6.07, 6.45) is -0.715. The Bertz CT molecular complexity index is 1310. The Morgan fingerprint density at radius 1 is 1.15 bits per heavy atom. The minimum absolute atomic E-state index is 0.144. The van der Waals surface area contributed by atoms with Crippen LogP contribution in [0, 0.1) is 5.82 Å². The number of hydrogen-bond acceptors (Lipinski definition) is 7. The standard InChI is InChI=1S/C22H19FN4O4S2/c1-3-31-22(30)27-21-15(18(26-27)25-19(28)16-5-4-10-32-16)11-17(33-21)20(29)24-12(2)13-6-8-14(23)9-7-13/h4-12H,3H2,1-2H3,(H,24,29)(H,25,26,28)/t12-/m1/s1. The lowest BCUT2D eigenvalue weighted by atomic mass is 10.1. The lowest BCUT2D eigenvalue weighted by molar-refractivity contribution is 0.0943. The second kappa shape index (κ2) is 9.51. The molecule has 1 aromatic carbocycles. The summed E-state index contributed by atoms with van der Waals surface area (Å²) in [5.74, 6) is -0.956. The van der Waals surface area contributed by atoms with E-state index in [0.29, 0.717) is 20.0 Å². The second-order valence-corrected chi connectivity index (χ2v) is 8.95. The lowest BCUT2D eigenvalue weighted by Crippen LogP contribution is -2.25. The molecule has 2 amide bonds. The van der Waals surface area contributed by atoms with Crippen molar-refractivity contribution >= 4 is 56.6 Å². The molecule has 3 aromatic heterocycles. The van der Waals surface area contributed by atoms with Crippen molar-refractivity contribution < 1.29 is 23.5 Å². The van der Waals surface area contributed by atoms with Gasteiger partial charge in [-0.25, -0.2) is 9.18 Å². The van der Waals surface area contributed by atoms with E-state index in [-0.39, 0.29) is 36.1 Å². The number of rotatable bonds is 6. The summed E-state index contributed by atoms with van der Waals surface area (Å²) < 4.78 is 19.3. The third-order valence-electron chi connectivity index (χ3n) is 4.72. The molecule has 0 aliphatic carbocycles. The van der Waals surface area contributed by atoms with E-state index in [1.165, 1.54) is 23.5 Å². The van der Waals surface area contributed by atoms with Crippen molar-refractivity contribution in [1.29, 1.82) is 0 Å². The van der Waals surface area contributed by atoms with Gasteiger partial charge in [0.25, 0.3) is 11.8 Å². The summed E-state index contributed by atoms with van der Waals surface area (Å²) in [6.45, 7) is 3.60. The maximum absolute atomic E-state index is 13.2. The molecule has 1 atom stereocenters. The Hall–Kier alpha value is -3.57. The fourth-order valence-electron chi connectivity index (χ4n) is 3.10. The smallest absolute Gasteiger partial charge is 0.436 e. The highest BCUT2D eigenvalue weighted by atomic mass is 32.1. The summed E-state index contributed by atoms with van der Waals surface area (Å²) >= 11 is 2.32. The van der Waals surface area contributed by atoms with Gasteiger partial charge in [0.2, 0.25) is 0 Å². The zero-order valence-corrected chi connectivity index (χ0v) is 19.3. The van der Waals surface area contributed by atoms with Crippen LogP contribution in [0.2, 0.25) is 0 Å². The summed E-state index contributed by atoms with van der Waals surface area (Å²) in [5, 5.41) is 12.0. The molecule has 0 aliphatic rings. The number of ether oxygens (including phenoxy) is 1. The first kappa shape index (κ1) is 22.6. The van der Waals surface area contributed by atoms with Crippen LogP contribution >= 0.6 is 22.7 Å². The van der Waals surface area contributed by atoms with E-state index in [4.69, 9.17) is 4.74 Å². The van der Waals surface area contributed by atoms with Crippen LogP contribution in [-0.4, -0.2) is 34.3 Å². The Morgan fingerprint density at radius 3 is 2.58 bits per heavy atom. The number of carbonyl (C=O) groups is 3. The van der Waals surface area contributed by atoms with Crippen LogP contribution in [0.1, 0.15) is 44.8 Å². The summed E-state index contributed by atoms with van der Waals surface area (Å²) in [5.41, 5.74) is 0.743. The highest BCUT2D eigenvalue weighted by molar-refractivity contribution is 7.20. The predicted molar refractivity (Wildman–Crippen MR) is 125 cm³/mol. The van der Waals surface area contributed by atoms with E-state index in [9.17, 15) is 18.8 Å². The topological polar surface area (TPSA) is 102 Å². The molecule has 0 radical (unpaired) electrons. The normalized spacial score (nSPS) is 11.8. The average molecular weight is 487 g/mol. The molecule has 170 valence electrons. The Labute approximate surface area is 196 Å². The van der Waals surface area contributed by atoms with Crippen LogP contribution in [0.4, 0.5) is 15.0 Å². The summed E-state index contributed by atoms with van der Waals surface area (Å²) in [6, 6.07) is 10.5. The summed E-state index contributed by atoms with van der Waals surface area (Å²) in [7, 11) is 0. The van der Waals surface area contributed by atoms with Gasteiger partial charge < -0.3 is 15.4 Å². The summed E-state index contributed by atoms with van der Waals surface area (Å²) in [4.78, 5) is 39.0. The van der Waals surface area contributed by atoms with Crippen LogP contribution in [0.15, 0.2) is 47.8 Å². The number of nitrogens with one attached hydrogen (secondary N) is 2. The minimum atomic E-state index is -0.715. The first-order valence-corrected chi connectivity index (χ1v) is 11.7. The van der Waals surface area contributed by atoms with Gasteiger partial charge in [-0.15, -0.1) is 27.8 Å². The quantitative estimate of drug-likeness (QED) is 0.397. The molecule has 0 bridgehead atoms. The molecule has 0 fully saturated rings. The number of benzene rings is 1. The van der Waals surface area contributed by atoms with Gasteiger partial charge in [-0.1, -0.05) is 18.2 Å². The number of amides is 2. The molecule has 2 N–H and O–H groups in total. The van der Waals surface area contributed by atoms with Gasteiger partial charge in [0.1, 0.15) is 10.6 Å². The molecule has 4 aromatic rings. The SMILES string of the molecule is CCOC(=O)n1nc(NC(=O)c2cccs2)c2cc(C(=O)N[C@H](C)c3ccc(F)cc3)sc21. The number of fused-ring (bicyclic) bond motifs is 1. The molecule has 3 heterocycles. The lowest BCUT2D eigenvalue weighted by Gasteiger charge is -2.13. The van der Waals surface area contributed by atoms with E-state index >= 15 is 0 Å². The van der Waals surface area contributed by atoms with Crippen molar-refractivity contribution in [2.75, 3.05) is 11.9 Å². The van der Waals surface area contributed by atoms with Crippen LogP contribution in [0.5, 0.6) is 0 Å². The molecule has 0 saturated carbocycles. The number of aromatic nitrogens is 2. The molecule has 8 nitrogen and oxygen atoms in total. The number of nitrogens with zero attached hydrogens (tertiary/aromatic N) is 2. The number of hydrogen-bond donors (Lipinski definition) is 2. The van der Waals surface area contributed by atoms with E-state index < -0.39 is 6.09 Å². The van der Waals surface area contributed by atoms with Gasteiger partial charge in [0.15, 0.2) is 5.82 Å². The van der Waals surface area contributed by atoms with Gasteiger partial charge in [0.05, 0.1) is 27.8 Å². The fraction of sp³-hybridized carbons (Fsp3) is 0.182. The first-order chi connectivity index (χ1) is 15.9. The van der Waals surface area contributed by atoms with Crippen molar-refractivity contribution in [3.8, 4) is 0 Å². The first-order valence-electron chi connectivity index (χ1n) is 9.98. The van der Waals surface area contributed by atoms with Gasteiger partial charge >= 0.3 is 6.09 Å². The third-order valence-corrected chi connectivity index (χ3v) is 6.70. The zero-order chi connectivity index (χ0) is 23.5. The Balaban J connectivity index is 1.63. The monoisotopic (exact) mass is 486 g/mol. The number of anilines is 1. The van der Waals surface area contributed by atoms with Gasteiger partial charge in [0, 0.05) is 0 Å².